The van der Waals surface area contributed by atoms with Crippen molar-refractivity contribution in [1.82, 2.24) is 10.3 Å². The highest BCUT2D eigenvalue weighted by Crippen LogP contribution is 2.33. The second kappa shape index (κ2) is 6.51. The summed E-state index contributed by atoms with van der Waals surface area (Å²) in [4.78, 5) is 16.0. The predicted molar refractivity (Wildman–Crippen MR) is 87.9 cm³/mol. The summed E-state index contributed by atoms with van der Waals surface area (Å²) in [6.45, 7) is 0.184. The fourth-order valence-corrected chi connectivity index (χ4v) is 2.75. The number of nitrogens with one attached hydrogen (secondary N) is 2. The average molecular weight is 307 g/mol. The van der Waals surface area contributed by atoms with Crippen LogP contribution in [0, 0.1) is 12.3 Å². The maximum absolute atomic E-state index is 11.8. The number of carbonyl (C=O) groups is 1. The number of terminal acetylenes is 1. The van der Waals surface area contributed by atoms with E-state index in [4.69, 9.17) is 6.42 Å². The zero-order valence-corrected chi connectivity index (χ0v) is 12.5. The van der Waals surface area contributed by atoms with Gasteiger partial charge in [-0.3, -0.25) is 4.79 Å². The maximum Gasteiger partial charge on any atom is 0.253 e. The summed E-state index contributed by atoms with van der Waals surface area (Å²) in [5.74, 6) is 2.70. The van der Waals surface area contributed by atoms with Gasteiger partial charge in [-0.1, -0.05) is 30.2 Å². The Morgan fingerprint density at radius 3 is 2.91 bits per heavy atom. The molecule has 1 amide bonds. The molecule has 0 saturated carbocycles. The summed E-state index contributed by atoms with van der Waals surface area (Å²) >= 11 is 0. The zero-order valence-electron chi connectivity index (χ0n) is 12.5. The van der Waals surface area contributed by atoms with Gasteiger partial charge in [-0.05, 0) is 23.3 Å². The van der Waals surface area contributed by atoms with Crippen molar-refractivity contribution in [3.05, 3.63) is 59.3 Å². The lowest BCUT2D eigenvalue weighted by Gasteiger charge is -2.18. The average Bonchev–Trinajstić information content (AvgIpc) is 2.89. The lowest BCUT2D eigenvalue weighted by atomic mass is 10.1. The van der Waals surface area contributed by atoms with Crippen molar-refractivity contribution in [1.29, 1.82) is 0 Å². The van der Waals surface area contributed by atoms with Gasteiger partial charge in [0.25, 0.3) is 5.91 Å². The van der Waals surface area contributed by atoms with E-state index in [1.54, 1.807) is 12.1 Å². The first-order chi connectivity index (χ1) is 11.2. The minimum absolute atomic E-state index is 0.184. The van der Waals surface area contributed by atoms with E-state index >= 15 is 0 Å². The quantitative estimate of drug-likeness (QED) is 0.749. The molecule has 1 aromatic carbocycles. The van der Waals surface area contributed by atoms with Crippen molar-refractivity contribution < 1.29 is 9.90 Å². The molecule has 0 unspecified atom stereocenters. The molecule has 3 rings (SSSR count). The van der Waals surface area contributed by atoms with Crippen LogP contribution in [-0.2, 0) is 6.42 Å². The first-order valence-electron chi connectivity index (χ1n) is 7.39. The number of amides is 1. The van der Waals surface area contributed by atoms with Gasteiger partial charge < -0.3 is 15.7 Å². The van der Waals surface area contributed by atoms with Gasteiger partial charge in [-0.25, -0.2) is 4.98 Å². The molecule has 2 atom stereocenters. The predicted octanol–water partition coefficient (Wildman–Crippen LogP) is 1.51. The molecule has 23 heavy (non-hydrogen) atoms. The topological polar surface area (TPSA) is 74.2 Å². The Kier molecular flexibility index (Phi) is 4.26. The summed E-state index contributed by atoms with van der Waals surface area (Å²) in [6.07, 6.45) is 6.73. The Hall–Kier alpha value is -2.84. The van der Waals surface area contributed by atoms with Crippen LogP contribution in [0.15, 0.2) is 42.6 Å². The van der Waals surface area contributed by atoms with Gasteiger partial charge in [-0.15, -0.1) is 6.42 Å². The van der Waals surface area contributed by atoms with Gasteiger partial charge in [-0.2, -0.15) is 0 Å². The number of nitrogens with zero attached hydrogens (tertiary/aromatic N) is 1. The molecule has 3 N–H and O–H groups in total. The third-order valence-electron chi connectivity index (χ3n) is 3.88. The summed E-state index contributed by atoms with van der Waals surface area (Å²) in [5, 5.41) is 16.1. The molecule has 0 bridgehead atoms. The Morgan fingerprint density at radius 1 is 1.35 bits per heavy atom. The van der Waals surface area contributed by atoms with Crippen LogP contribution in [0.25, 0.3) is 0 Å². The first kappa shape index (κ1) is 15.1. The number of aliphatic hydroxyl groups is 1. The van der Waals surface area contributed by atoms with Crippen LogP contribution in [0.4, 0.5) is 5.82 Å². The maximum atomic E-state index is 11.8. The van der Waals surface area contributed by atoms with Crippen LogP contribution in [0.3, 0.4) is 0 Å². The smallest absolute Gasteiger partial charge is 0.253 e. The van der Waals surface area contributed by atoms with Crippen molar-refractivity contribution in [2.75, 3.05) is 11.9 Å². The second-order valence-electron chi connectivity index (χ2n) is 5.41. The van der Waals surface area contributed by atoms with Crippen LogP contribution in [0.5, 0.6) is 0 Å². The van der Waals surface area contributed by atoms with Crippen LogP contribution >= 0.6 is 0 Å². The summed E-state index contributed by atoms with van der Waals surface area (Å²) in [5.41, 5.74) is 2.67. The Morgan fingerprint density at radius 2 is 2.17 bits per heavy atom. The molecular formula is C18H17N3O2. The number of carbonyl (C=O) groups excluding carboxylic acids is 1. The molecule has 116 valence electrons. The number of anilines is 1. The third kappa shape index (κ3) is 3.17. The summed E-state index contributed by atoms with van der Waals surface area (Å²) in [7, 11) is 0. The molecule has 5 heteroatoms. The second-order valence-corrected chi connectivity index (χ2v) is 5.41. The number of pyridine rings is 1. The fraction of sp³-hybridized carbons (Fsp3) is 0.222. The third-order valence-corrected chi connectivity index (χ3v) is 3.88. The fourth-order valence-electron chi connectivity index (χ4n) is 2.75. The van der Waals surface area contributed by atoms with Crippen molar-refractivity contribution >= 4 is 11.7 Å². The molecule has 0 fully saturated rings. The minimum atomic E-state index is -0.493. The highest BCUT2D eigenvalue weighted by Gasteiger charge is 2.30. The zero-order chi connectivity index (χ0) is 16.2. The lowest BCUT2D eigenvalue weighted by molar-refractivity contribution is 0.0958. The molecule has 2 aromatic rings. The standard InChI is InChI=1S/C18H17N3O2/c1-2-9-19-18(23)13-7-8-16(20-11-13)21-17-14-6-4-3-5-12(14)10-15(17)22/h1,3-8,11,15,17,22H,9-10H2,(H,19,23)(H,20,21)/t15-,17+/m1/s1. The van der Waals surface area contributed by atoms with E-state index in [0.29, 0.717) is 17.8 Å². The molecule has 1 aliphatic rings. The number of rotatable bonds is 4. The summed E-state index contributed by atoms with van der Waals surface area (Å²) in [6, 6.07) is 11.2. The van der Waals surface area contributed by atoms with Crippen LogP contribution in [0.1, 0.15) is 27.5 Å². The molecule has 1 heterocycles. The number of benzene rings is 1. The van der Waals surface area contributed by atoms with Crippen molar-refractivity contribution in [3.8, 4) is 12.3 Å². The Labute approximate surface area is 134 Å². The molecule has 0 radical (unpaired) electrons. The highest BCUT2D eigenvalue weighted by atomic mass is 16.3. The van der Waals surface area contributed by atoms with Crippen LogP contribution < -0.4 is 10.6 Å². The summed E-state index contributed by atoms with van der Waals surface area (Å²) < 4.78 is 0. The van der Waals surface area contributed by atoms with Gasteiger partial charge in [0, 0.05) is 12.6 Å². The van der Waals surface area contributed by atoms with E-state index in [1.165, 1.54) is 6.20 Å². The minimum Gasteiger partial charge on any atom is -0.390 e. The van der Waals surface area contributed by atoms with Gasteiger partial charge in [0.2, 0.25) is 0 Å². The van der Waals surface area contributed by atoms with Gasteiger partial charge in [0.1, 0.15) is 5.82 Å². The molecule has 0 aliphatic heterocycles. The van der Waals surface area contributed by atoms with E-state index in [0.717, 1.165) is 11.1 Å². The SMILES string of the molecule is C#CCNC(=O)c1ccc(N[C@H]2c3ccccc3C[C@H]2O)nc1. The number of fused-ring (bicyclic) bond motifs is 1. The van der Waals surface area contributed by atoms with E-state index in [9.17, 15) is 9.90 Å². The highest BCUT2D eigenvalue weighted by molar-refractivity contribution is 5.94. The lowest BCUT2D eigenvalue weighted by Crippen LogP contribution is -2.24. The Bertz CT molecular complexity index is 750. The largest absolute Gasteiger partial charge is 0.390 e. The van der Waals surface area contributed by atoms with E-state index in [2.05, 4.69) is 21.5 Å². The van der Waals surface area contributed by atoms with E-state index in [-0.39, 0.29) is 18.5 Å². The van der Waals surface area contributed by atoms with Crippen LogP contribution in [-0.4, -0.2) is 28.6 Å². The molecular weight excluding hydrogens is 290 g/mol. The van der Waals surface area contributed by atoms with E-state index < -0.39 is 6.10 Å². The number of hydrogen-bond donors (Lipinski definition) is 3. The molecule has 5 nitrogen and oxygen atoms in total. The van der Waals surface area contributed by atoms with Gasteiger partial charge in [0.05, 0.1) is 24.3 Å². The Balaban J connectivity index is 1.72. The number of aliphatic hydroxyl groups excluding tert-OH is 1. The molecule has 0 spiro atoms. The molecule has 1 aromatic heterocycles. The normalized spacial score (nSPS) is 18.8. The van der Waals surface area contributed by atoms with E-state index in [1.807, 2.05) is 24.3 Å². The molecule has 0 saturated heterocycles. The van der Waals surface area contributed by atoms with Gasteiger partial charge >= 0.3 is 0 Å². The monoisotopic (exact) mass is 307 g/mol. The van der Waals surface area contributed by atoms with Crippen LogP contribution in [0.2, 0.25) is 0 Å². The molecule has 1 aliphatic carbocycles. The van der Waals surface area contributed by atoms with Crippen molar-refractivity contribution in [2.24, 2.45) is 0 Å². The van der Waals surface area contributed by atoms with Gasteiger partial charge in [0.15, 0.2) is 0 Å². The number of hydrogen-bond acceptors (Lipinski definition) is 4. The number of aromatic nitrogens is 1. The van der Waals surface area contributed by atoms with Crippen molar-refractivity contribution in [3.63, 3.8) is 0 Å². The van der Waals surface area contributed by atoms with Crippen molar-refractivity contribution in [2.45, 2.75) is 18.6 Å². The first-order valence-corrected chi connectivity index (χ1v) is 7.39.